The van der Waals surface area contributed by atoms with Crippen LogP contribution in [-0.2, 0) is 0 Å². The van der Waals surface area contributed by atoms with Crippen LogP contribution in [0.2, 0.25) is 5.02 Å². The molecule has 0 bridgehead atoms. The number of nitrogens with one attached hydrogen (secondary N) is 2. The number of amides is 2. The lowest BCUT2D eigenvalue weighted by atomic mass is 10.1. The molecule has 2 N–H and O–H groups in total. The molecular formula is C21H27ClN4O2. The highest BCUT2D eigenvalue weighted by molar-refractivity contribution is 6.30. The van der Waals surface area contributed by atoms with Crippen LogP contribution in [-0.4, -0.2) is 58.0 Å². The van der Waals surface area contributed by atoms with Gasteiger partial charge >= 0.3 is 0 Å². The highest BCUT2D eigenvalue weighted by Crippen LogP contribution is 2.23. The van der Waals surface area contributed by atoms with Gasteiger partial charge in [-0.2, -0.15) is 0 Å². The van der Waals surface area contributed by atoms with Crippen molar-refractivity contribution in [3.8, 4) is 0 Å². The van der Waals surface area contributed by atoms with Crippen molar-refractivity contribution in [3.63, 3.8) is 0 Å². The minimum absolute atomic E-state index is 0.162. The number of hydrogen-bond acceptors (Lipinski definition) is 4. The fourth-order valence-electron chi connectivity index (χ4n) is 2.68. The first-order valence-electron chi connectivity index (χ1n) is 9.09. The number of benzene rings is 2. The van der Waals surface area contributed by atoms with Gasteiger partial charge in [-0.05, 0) is 69.5 Å². The molecule has 0 saturated heterocycles. The number of hydrogen-bond donors (Lipinski definition) is 2. The summed E-state index contributed by atoms with van der Waals surface area (Å²) in [6.45, 7) is 1.49. The Morgan fingerprint density at radius 3 is 2.25 bits per heavy atom. The van der Waals surface area contributed by atoms with Crippen LogP contribution in [0.5, 0.6) is 0 Å². The lowest BCUT2D eigenvalue weighted by molar-refractivity contribution is 0.0951. The largest absolute Gasteiger partial charge is 0.377 e. The highest BCUT2D eigenvalue weighted by atomic mass is 35.5. The second-order valence-electron chi connectivity index (χ2n) is 7.00. The summed E-state index contributed by atoms with van der Waals surface area (Å²) in [6.07, 6.45) is 0.864. The van der Waals surface area contributed by atoms with E-state index in [1.165, 1.54) is 0 Å². The van der Waals surface area contributed by atoms with Crippen LogP contribution in [0.25, 0.3) is 0 Å². The molecule has 6 nitrogen and oxygen atoms in total. The van der Waals surface area contributed by atoms with Gasteiger partial charge in [-0.15, -0.1) is 0 Å². The number of rotatable bonds is 8. The molecule has 0 saturated carbocycles. The van der Waals surface area contributed by atoms with Gasteiger partial charge in [-0.25, -0.2) is 0 Å². The molecule has 0 aliphatic rings. The summed E-state index contributed by atoms with van der Waals surface area (Å²) >= 11 is 5.87. The van der Waals surface area contributed by atoms with E-state index in [-0.39, 0.29) is 11.8 Å². The quantitative estimate of drug-likeness (QED) is 0.665. The third-order valence-electron chi connectivity index (χ3n) is 4.15. The van der Waals surface area contributed by atoms with Gasteiger partial charge in [-0.3, -0.25) is 9.59 Å². The van der Waals surface area contributed by atoms with Crippen molar-refractivity contribution in [1.82, 2.24) is 10.2 Å². The summed E-state index contributed by atoms with van der Waals surface area (Å²) in [5, 5.41) is 6.35. The topological polar surface area (TPSA) is 64.7 Å². The summed E-state index contributed by atoms with van der Waals surface area (Å²) in [5.41, 5.74) is 2.36. The van der Waals surface area contributed by atoms with Crippen LogP contribution in [0, 0.1) is 0 Å². The Kier molecular flexibility index (Phi) is 7.84. The van der Waals surface area contributed by atoms with Crippen LogP contribution >= 0.6 is 11.6 Å². The summed E-state index contributed by atoms with van der Waals surface area (Å²) < 4.78 is 0. The van der Waals surface area contributed by atoms with Gasteiger partial charge < -0.3 is 20.4 Å². The minimum Gasteiger partial charge on any atom is -0.377 e. The van der Waals surface area contributed by atoms with Crippen molar-refractivity contribution < 1.29 is 9.59 Å². The Hall–Kier alpha value is -2.57. The smallest absolute Gasteiger partial charge is 0.255 e. The number of nitrogens with zero attached hydrogens (tertiary/aromatic N) is 2. The van der Waals surface area contributed by atoms with Gasteiger partial charge in [0.05, 0.1) is 5.56 Å². The predicted octanol–water partition coefficient (Wildman–Crippen LogP) is 3.34. The van der Waals surface area contributed by atoms with Crippen molar-refractivity contribution in [1.29, 1.82) is 0 Å². The van der Waals surface area contributed by atoms with Gasteiger partial charge in [0, 0.05) is 42.6 Å². The van der Waals surface area contributed by atoms with Crippen molar-refractivity contribution in [3.05, 3.63) is 58.6 Å². The first-order chi connectivity index (χ1) is 13.3. The van der Waals surface area contributed by atoms with Gasteiger partial charge in [0.1, 0.15) is 0 Å². The zero-order valence-electron chi connectivity index (χ0n) is 16.8. The maximum Gasteiger partial charge on any atom is 0.255 e. The molecule has 0 spiro atoms. The maximum atomic E-state index is 12.7. The molecule has 0 atom stereocenters. The Balaban J connectivity index is 2.14. The molecule has 0 radical (unpaired) electrons. The molecule has 2 rings (SSSR count). The van der Waals surface area contributed by atoms with Gasteiger partial charge in [0.15, 0.2) is 0 Å². The van der Waals surface area contributed by atoms with E-state index in [2.05, 4.69) is 15.5 Å². The van der Waals surface area contributed by atoms with E-state index in [0.717, 1.165) is 18.7 Å². The van der Waals surface area contributed by atoms with Gasteiger partial charge in [0.25, 0.3) is 11.8 Å². The standard InChI is InChI=1S/C21H27ClN4O2/c1-25(2)13-5-12-23-21(28)18-14-17(10-11-19(18)26(3)4)24-20(27)15-6-8-16(22)9-7-15/h6-11,14H,5,12-13H2,1-4H3,(H,23,28)(H,24,27). The molecule has 0 aliphatic carbocycles. The number of anilines is 2. The summed E-state index contributed by atoms with van der Waals surface area (Å²) in [7, 11) is 7.76. The van der Waals surface area contributed by atoms with Gasteiger partial charge in [0.2, 0.25) is 0 Å². The molecule has 7 heteroatoms. The minimum atomic E-state index is -0.258. The molecule has 2 aromatic rings. The molecule has 0 unspecified atom stereocenters. The van der Waals surface area contributed by atoms with Crippen LogP contribution < -0.4 is 15.5 Å². The van der Waals surface area contributed by atoms with E-state index in [0.29, 0.717) is 28.4 Å². The van der Waals surface area contributed by atoms with Gasteiger partial charge in [-0.1, -0.05) is 11.6 Å². The van der Waals surface area contributed by atoms with Crippen molar-refractivity contribution in [2.75, 3.05) is 51.5 Å². The Morgan fingerprint density at radius 1 is 0.964 bits per heavy atom. The first kappa shape index (κ1) is 21.7. The van der Waals surface area contributed by atoms with E-state index in [1.807, 2.05) is 39.2 Å². The van der Waals surface area contributed by atoms with E-state index >= 15 is 0 Å². The number of carbonyl (C=O) groups excluding carboxylic acids is 2. The van der Waals surface area contributed by atoms with E-state index < -0.39 is 0 Å². The monoisotopic (exact) mass is 402 g/mol. The molecule has 0 aliphatic heterocycles. The molecular weight excluding hydrogens is 376 g/mol. The Bertz CT molecular complexity index is 820. The van der Waals surface area contributed by atoms with Crippen molar-refractivity contribution >= 4 is 34.8 Å². The number of halogens is 1. The van der Waals surface area contributed by atoms with E-state index in [4.69, 9.17) is 11.6 Å². The average Bonchev–Trinajstić information content (AvgIpc) is 2.65. The van der Waals surface area contributed by atoms with Crippen molar-refractivity contribution in [2.24, 2.45) is 0 Å². The second-order valence-corrected chi connectivity index (χ2v) is 7.44. The summed E-state index contributed by atoms with van der Waals surface area (Å²) in [4.78, 5) is 29.1. The summed E-state index contributed by atoms with van der Waals surface area (Å²) in [5.74, 6) is -0.420. The van der Waals surface area contributed by atoms with Crippen LogP contribution in [0.4, 0.5) is 11.4 Å². The fourth-order valence-corrected chi connectivity index (χ4v) is 2.81. The third kappa shape index (κ3) is 6.25. The lowest BCUT2D eigenvalue weighted by Gasteiger charge is -2.19. The molecule has 28 heavy (non-hydrogen) atoms. The fraction of sp³-hybridized carbons (Fsp3) is 0.333. The molecule has 2 aromatic carbocycles. The van der Waals surface area contributed by atoms with Crippen molar-refractivity contribution in [2.45, 2.75) is 6.42 Å². The highest BCUT2D eigenvalue weighted by Gasteiger charge is 2.15. The SMILES string of the molecule is CN(C)CCCNC(=O)c1cc(NC(=O)c2ccc(Cl)cc2)ccc1N(C)C. The molecule has 150 valence electrons. The number of carbonyl (C=O) groups is 2. The molecule has 0 fully saturated rings. The molecule has 2 amide bonds. The zero-order valence-corrected chi connectivity index (χ0v) is 17.5. The predicted molar refractivity (Wildman–Crippen MR) is 116 cm³/mol. The van der Waals surface area contributed by atoms with E-state index in [1.54, 1.807) is 36.4 Å². The lowest BCUT2D eigenvalue weighted by Crippen LogP contribution is -2.28. The van der Waals surface area contributed by atoms with Crippen LogP contribution in [0.15, 0.2) is 42.5 Å². The maximum absolute atomic E-state index is 12.7. The Labute approximate surface area is 171 Å². The van der Waals surface area contributed by atoms with Crippen LogP contribution in [0.3, 0.4) is 0 Å². The summed E-state index contributed by atoms with van der Waals surface area (Å²) in [6, 6.07) is 12.0. The normalized spacial score (nSPS) is 10.6. The average molecular weight is 403 g/mol. The Morgan fingerprint density at radius 2 is 1.64 bits per heavy atom. The van der Waals surface area contributed by atoms with Crippen LogP contribution in [0.1, 0.15) is 27.1 Å². The molecule has 0 aromatic heterocycles. The molecule has 0 heterocycles. The first-order valence-corrected chi connectivity index (χ1v) is 9.47. The zero-order chi connectivity index (χ0) is 20.7. The second kappa shape index (κ2) is 10.1. The third-order valence-corrected chi connectivity index (χ3v) is 4.41. The van der Waals surface area contributed by atoms with E-state index in [9.17, 15) is 9.59 Å².